The van der Waals surface area contributed by atoms with E-state index in [0.717, 1.165) is 5.69 Å². The minimum atomic E-state index is -0.177. The number of fused-ring (bicyclic) bond motifs is 1. The average molecular weight is 323 g/mol. The van der Waals surface area contributed by atoms with Gasteiger partial charge < -0.3 is 5.84 Å². The molecule has 3 rings (SSSR count). The van der Waals surface area contributed by atoms with Crippen LogP contribution in [0.25, 0.3) is 4.96 Å². The Balaban J connectivity index is 1.99. The lowest BCUT2D eigenvalue weighted by atomic mass is 10.3. The second-order valence-electron chi connectivity index (χ2n) is 4.23. The van der Waals surface area contributed by atoms with Crippen molar-refractivity contribution in [3.05, 3.63) is 27.9 Å². The zero-order valence-electron chi connectivity index (χ0n) is 11.5. The van der Waals surface area contributed by atoms with E-state index < -0.39 is 0 Å². The summed E-state index contributed by atoms with van der Waals surface area (Å²) < 4.78 is 3.38. The van der Waals surface area contributed by atoms with E-state index >= 15 is 0 Å². The predicted molar refractivity (Wildman–Crippen MR) is 80.2 cm³/mol. The number of aromatic nitrogens is 6. The fourth-order valence-electron chi connectivity index (χ4n) is 1.76. The van der Waals surface area contributed by atoms with Crippen LogP contribution in [-0.2, 0) is 12.8 Å². The minimum Gasteiger partial charge on any atom is -0.336 e. The Morgan fingerprint density at radius 2 is 2.14 bits per heavy atom. The number of hydrogen-bond donors (Lipinski definition) is 1. The van der Waals surface area contributed by atoms with Gasteiger partial charge in [0.25, 0.3) is 5.56 Å². The van der Waals surface area contributed by atoms with Gasteiger partial charge in [0.05, 0.1) is 0 Å². The molecular formula is C11H13N7OS2. The molecule has 0 radical (unpaired) electrons. The van der Waals surface area contributed by atoms with Crippen LogP contribution < -0.4 is 11.4 Å². The average Bonchev–Trinajstić information content (AvgIpc) is 3.03. The maximum absolute atomic E-state index is 11.9. The highest BCUT2D eigenvalue weighted by Crippen LogP contribution is 2.28. The van der Waals surface area contributed by atoms with Gasteiger partial charge in [0, 0.05) is 18.2 Å². The van der Waals surface area contributed by atoms with Gasteiger partial charge in [-0.05, 0) is 18.2 Å². The number of nitrogens with zero attached hydrogens (tertiary/aromatic N) is 6. The van der Waals surface area contributed by atoms with Gasteiger partial charge in [-0.25, -0.2) is 9.66 Å². The second kappa shape index (κ2) is 5.45. The summed E-state index contributed by atoms with van der Waals surface area (Å²) in [7, 11) is 0. The lowest BCUT2D eigenvalue weighted by Gasteiger charge is -1.98. The molecule has 3 aromatic heterocycles. The zero-order valence-corrected chi connectivity index (χ0v) is 13.1. The lowest BCUT2D eigenvalue weighted by molar-refractivity contribution is 0.792. The van der Waals surface area contributed by atoms with Crippen LogP contribution in [0.4, 0.5) is 0 Å². The van der Waals surface area contributed by atoms with Crippen LogP contribution >= 0.6 is 23.1 Å². The standard InChI is InChI=1S/C11H13N7OS2/c1-3-6-5-8(19)18-9(13-6)20-11(16-18)21-10-15-14-7(4-2)17(10)12/h5H,3-4,12H2,1-2H3. The topological polar surface area (TPSA) is 104 Å². The Morgan fingerprint density at radius 1 is 1.33 bits per heavy atom. The Bertz CT molecular complexity index is 850. The van der Waals surface area contributed by atoms with E-state index in [4.69, 9.17) is 5.84 Å². The third kappa shape index (κ3) is 2.51. The van der Waals surface area contributed by atoms with Crippen molar-refractivity contribution in [2.45, 2.75) is 36.2 Å². The van der Waals surface area contributed by atoms with Gasteiger partial charge in [-0.2, -0.15) is 4.52 Å². The van der Waals surface area contributed by atoms with Crippen molar-refractivity contribution in [3.8, 4) is 0 Å². The van der Waals surface area contributed by atoms with Crippen LogP contribution in [0, 0.1) is 0 Å². The maximum Gasteiger partial charge on any atom is 0.275 e. The highest BCUT2D eigenvalue weighted by Gasteiger charge is 2.14. The molecule has 10 heteroatoms. The number of rotatable bonds is 4. The molecule has 0 spiro atoms. The minimum absolute atomic E-state index is 0.177. The van der Waals surface area contributed by atoms with Crippen molar-refractivity contribution < 1.29 is 0 Å². The normalized spacial score (nSPS) is 11.3. The van der Waals surface area contributed by atoms with Gasteiger partial charge in [-0.3, -0.25) is 4.79 Å². The molecule has 110 valence electrons. The number of nitrogens with two attached hydrogens (primary N) is 1. The fourth-order valence-corrected chi connectivity index (χ4v) is 3.59. The molecule has 0 atom stereocenters. The summed E-state index contributed by atoms with van der Waals surface area (Å²) in [6.07, 6.45) is 1.41. The van der Waals surface area contributed by atoms with Crippen molar-refractivity contribution in [3.63, 3.8) is 0 Å². The highest BCUT2D eigenvalue weighted by molar-refractivity contribution is 8.01. The highest BCUT2D eigenvalue weighted by atomic mass is 32.2. The van der Waals surface area contributed by atoms with E-state index in [1.54, 1.807) is 0 Å². The van der Waals surface area contributed by atoms with E-state index in [1.165, 1.54) is 38.4 Å². The number of nitrogen functional groups attached to an aromatic ring is 1. The summed E-state index contributed by atoms with van der Waals surface area (Å²) in [5.74, 6) is 6.59. The molecular weight excluding hydrogens is 310 g/mol. The zero-order chi connectivity index (χ0) is 15.0. The summed E-state index contributed by atoms with van der Waals surface area (Å²) in [5.41, 5.74) is 0.582. The molecule has 0 saturated heterocycles. The first-order valence-corrected chi connectivity index (χ1v) is 8.02. The maximum atomic E-state index is 11.9. The monoisotopic (exact) mass is 323 g/mol. The first-order valence-electron chi connectivity index (χ1n) is 6.39. The third-order valence-corrected chi connectivity index (χ3v) is 4.79. The molecule has 0 aromatic carbocycles. The first-order chi connectivity index (χ1) is 10.1. The molecule has 2 N–H and O–H groups in total. The Labute approximate surface area is 128 Å². The quantitative estimate of drug-likeness (QED) is 0.706. The SMILES string of the molecule is CCc1cc(=O)n2nc(Sc3nnc(CC)n3N)sc2n1. The van der Waals surface area contributed by atoms with Crippen molar-refractivity contribution in [2.24, 2.45) is 0 Å². The predicted octanol–water partition coefficient (Wildman–Crippen LogP) is 0.732. The molecule has 21 heavy (non-hydrogen) atoms. The molecule has 0 amide bonds. The smallest absolute Gasteiger partial charge is 0.275 e. The van der Waals surface area contributed by atoms with Crippen molar-refractivity contribution >= 4 is 28.1 Å². The van der Waals surface area contributed by atoms with E-state index in [0.29, 0.717) is 33.1 Å². The Morgan fingerprint density at radius 3 is 2.81 bits per heavy atom. The van der Waals surface area contributed by atoms with E-state index in [-0.39, 0.29) is 5.56 Å². The van der Waals surface area contributed by atoms with Gasteiger partial charge >= 0.3 is 0 Å². The molecule has 3 aromatic rings. The van der Waals surface area contributed by atoms with Crippen LogP contribution in [0.2, 0.25) is 0 Å². The summed E-state index contributed by atoms with van der Waals surface area (Å²) in [4.78, 5) is 16.9. The number of aryl methyl sites for hydroxylation is 2. The number of hydrogen-bond acceptors (Lipinski definition) is 8. The van der Waals surface area contributed by atoms with Crippen LogP contribution in [0.1, 0.15) is 25.4 Å². The molecule has 0 aliphatic carbocycles. The van der Waals surface area contributed by atoms with Gasteiger partial charge in [-0.1, -0.05) is 25.2 Å². The van der Waals surface area contributed by atoms with Gasteiger partial charge in [-0.15, -0.1) is 15.3 Å². The van der Waals surface area contributed by atoms with Gasteiger partial charge in [0.2, 0.25) is 10.1 Å². The molecule has 0 aliphatic heterocycles. The molecule has 8 nitrogen and oxygen atoms in total. The largest absolute Gasteiger partial charge is 0.336 e. The second-order valence-corrected chi connectivity index (χ2v) is 6.40. The van der Waals surface area contributed by atoms with Crippen molar-refractivity contribution in [1.29, 1.82) is 0 Å². The van der Waals surface area contributed by atoms with Gasteiger partial charge in [0.15, 0.2) is 10.2 Å². The van der Waals surface area contributed by atoms with Crippen molar-refractivity contribution in [2.75, 3.05) is 5.84 Å². The molecule has 0 fully saturated rings. The summed E-state index contributed by atoms with van der Waals surface area (Å²) >= 11 is 2.60. The van der Waals surface area contributed by atoms with E-state index in [2.05, 4.69) is 20.3 Å². The molecule has 0 unspecified atom stereocenters. The van der Waals surface area contributed by atoms with Crippen LogP contribution in [0.15, 0.2) is 20.4 Å². The van der Waals surface area contributed by atoms with Crippen LogP contribution in [0.3, 0.4) is 0 Å². The first kappa shape index (κ1) is 14.0. The molecule has 0 bridgehead atoms. The molecule has 3 heterocycles. The summed E-state index contributed by atoms with van der Waals surface area (Å²) in [6, 6.07) is 1.50. The van der Waals surface area contributed by atoms with E-state index in [1.807, 2.05) is 13.8 Å². The third-order valence-electron chi connectivity index (χ3n) is 2.87. The molecule has 0 aliphatic rings. The molecule has 0 saturated carbocycles. The van der Waals surface area contributed by atoms with E-state index in [9.17, 15) is 4.79 Å². The van der Waals surface area contributed by atoms with Crippen LogP contribution in [-0.4, -0.2) is 29.5 Å². The lowest BCUT2D eigenvalue weighted by Crippen LogP contribution is -2.15. The summed E-state index contributed by atoms with van der Waals surface area (Å²) in [6.45, 7) is 3.91. The fraction of sp³-hybridized carbons (Fsp3) is 0.364. The van der Waals surface area contributed by atoms with Gasteiger partial charge in [0.1, 0.15) is 0 Å². The Kier molecular flexibility index (Phi) is 3.64. The van der Waals surface area contributed by atoms with Crippen LogP contribution in [0.5, 0.6) is 0 Å². The summed E-state index contributed by atoms with van der Waals surface area (Å²) in [5, 5.41) is 12.8. The Hall–Kier alpha value is -1.94. The van der Waals surface area contributed by atoms with Crippen molar-refractivity contribution in [1.82, 2.24) is 29.5 Å².